The molecule has 0 aromatic carbocycles. The first kappa shape index (κ1) is 14.8. The van der Waals surface area contributed by atoms with E-state index in [0.717, 1.165) is 17.8 Å². The first-order valence-corrected chi connectivity index (χ1v) is 7.08. The van der Waals surface area contributed by atoms with Gasteiger partial charge in [-0.2, -0.15) is 0 Å². The molecule has 0 radical (unpaired) electrons. The number of piperidine rings is 1. The third kappa shape index (κ3) is 2.63. The van der Waals surface area contributed by atoms with Gasteiger partial charge >= 0.3 is 5.97 Å². The topological polar surface area (TPSA) is 73.7 Å². The molecule has 5 heteroatoms. The van der Waals surface area contributed by atoms with Crippen LogP contribution in [0.2, 0.25) is 0 Å². The van der Waals surface area contributed by atoms with Crippen LogP contribution in [0.3, 0.4) is 0 Å². The number of pyridine rings is 1. The number of hydrogen-bond donors (Lipinski definition) is 2. The maximum absolute atomic E-state index is 11.6. The van der Waals surface area contributed by atoms with Crippen molar-refractivity contribution in [2.75, 3.05) is 18.0 Å². The van der Waals surface area contributed by atoms with Gasteiger partial charge in [0.25, 0.3) is 0 Å². The van der Waals surface area contributed by atoms with Crippen molar-refractivity contribution in [2.45, 2.75) is 39.2 Å². The standard InChI is InChI=1S/C15H22N2O3/c1-3-5-15(14(19)20)6-8-17(10-13(15)18)12-4-7-16-11(2)9-12/h4,7,9,13,18H,3,5-6,8,10H2,1-2H3,(H,19,20)/t13-,15-/m0/s1. The number of aromatic nitrogens is 1. The average Bonchev–Trinajstić information content (AvgIpc) is 2.41. The van der Waals surface area contributed by atoms with Gasteiger partial charge in [-0.15, -0.1) is 0 Å². The number of carboxylic acid groups (broad SMARTS) is 1. The lowest BCUT2D eigenvalue weighted by molar-refractivity contribution is -0.159. The minimum Gasteiger partial charge on any atom is -0.481 e. The van der Waals surface area contributed by atoms with E-state index in [4.69, 9.17) is 0 Å². The monoisotopic (exact) mass is 278 g/mol. The maximum atomic E-state index is 11.6. The highest BCUT2D eigenvalue weighted by atomic mass is 16.4. The van der Waals surface area contributed by atoms with E-state index in [1.165, 1.54) is 0 Å². The second-order valence-corrected chi connectivity index (χ2v) is 5.58. The van der Waals surface area contributed by atoms with E-state index in [2.05, 4.69) is 4.98 Å². The molecule has 0 saturated carbocycles. The average molecular weight is 278 g/mol. The van der Waals surface area contributed by atoms with E-state index in [-0.39, 0.29) is 0 Å². The Morgan fingerprint density at radius 1 is 1.60 bits per heavy atom. The molecule has 2 rings (SSSR count). The summed E-state index contributed by atoms with van der Waals surface area (Å²) in [6.45, 7) is 4.88. The van der Waals surface area contributed by atoms with Gasteiger partial charge in [0.2, 0.25) is 0 Å². The smallest absolute Gasteiger partial charge is 0.312 e. The Morgan fingerprint density at radius 2 is 2.35 bits per heavy atom. The molecule has 0 spiro atoms. The van der Waals surface area contributed by atoms with Crippen LogP contribution < -0.4 is 4.90 Å². The summed E-state index contributed by atoms with van der Waals surface area (Å²) in [7, 11) is 0. The van der Waals surface area contributed by atoms with Crippen LogP contribution in [-0.2, 0) is 4.79 Å². The van der Waals surface area contributed by atoms with Crippen LogP contribution in [0.15, 0.2) is 18.3 Å². The van der Waals surface area contributed by atoms with Crippen LogP contribution in [0.25, 0.3) is 0 Å². The van der Waals surface area contributed by atoms with Gasteiger partial charge in [-0.25, -0.2) is 0 Å². The maximum Gasteiger partial charge on any atom is 0.312 e. The van der Waals surface area contributed by atoms with Crippen molar-refractivity contribution in [3.05, 3.63) is 24.0 Å². The molecular formula is C15H22N2O3. The quantitative estimate of drug-likeness (QED) is 0.879. The highest BCUT2D eigenvalue weighted by Gasteiger charge is 2.47. The number of anilines is 1. The van der Waals surface area contributed by atoms with Gasteiger partial charge in [-0.1, -0.05) is 13.3 Å². The van der Waals surface area contributed by atoms with Crippen LogP contribution in [0, 0.1) is 12.3 Å². The fraction of sp³-hybridized carbons (Fsp3) is 0.600. The summed E-state index contributed by atoms with van der Waals surface area (Å²) in [5.41, 5.74) is 0.917. The first-order valence-electron chi connectivity index (χ1n) is 7.08. The minimum atomic E-state index is -0.993. The summed E-state index contributed by atoms with van der Waals surface area (Å²) in [5.74, 6) is -0.877. The molecule has 0 bridgehead atoms. The van der Waals surface area contributed by atoms with Crippen LogP contribution in [0.1, 0.15) is 31.9 Å². The Kier molecular flexibility index (Phi) is 4.28. The van der Waals surface area contributed by atoms with Crippen LogP contribution in [-0.4, -0.2) is 40.4 Å². The Labute approximate surface area is 119 Å². The highest BCUT2D eigenvalue weighted by molar-refractivity contribution is 5.76. The Bertz CT molecular complexity index is 492. The number of hydrogen-bond acceptors (Lipinski definition) is 4. The lowest BCUT2D eigenvalue weighted by atomic mass is 9.72. The second kappa shape index (κ2) is 5.79. The second-order valence-electron chi connectivity index (χ2n) is 5.58. The van der Waals surface area contributed by atoms with E-state index in [1.807, 2.05) is 30.9 Å². The van der Waals surface area contributed by atoms with E-state index in [0.29, 0.717) is 25.9 Å². The highest BCUT2D eigenvalue weighted by Crippen LogP contribution is 2.38. The lowest BCUT2D eigenvalue weighted by Crippen LogP contribution is -2.54. The Hall–Kier alpha value is -1.62. The van der Waals surface area contributed by atoms with Gasteiger partial charge in [-0.3, -0.25) is 9.78 Å². The van der Waals surface area contributed by atoms with Crippen molar-refractivity contribution in [2.24, 2.45) is 5.41 Å². The molecule has 110 valence electrons. The van der Waals surface area contributed by atoms with E-state index < -0.39 is 17.5 Å². The zero-order valence-electron chi connectivity index (χ0n) is 12.0. The molecule has 1 fully saturated rings. The van der Waals surface area contributed by atoms with Gasteiger partial charge in [0.1, 0.15) is 0 Å². The molecule has 5 nitrogen and oxygen atoms in total. The number of aliphatic carboxylic acids is 1. The van der Waals surface area contributed by atoms with E-state index in [1.54, 1.807) is 6.20 Å². The van der Waals surface area contributed by atoms with Crippen molar-refractivity contribution in [3.63, 3.8) is 0 Å². The molecule has 1 aliphatic heterocycles. The summed E-state index contributed by atoms with van der Waals surface area (Å²) in [6, 6.07) is 3.85. The molecule has 20 heavy (non-hydrogen) atoms. The minimum absolute atomic E-state index is 0.357. The van der Waals surface area contributed by atoms with E-state index in [9.17, 15) is 15.0 Å². The van der Waals surface area contributed by atoms with Crippen molar-refractivity contribution < 1.29 is 15.0 Å². The van der Waals surface area contributed by atoms with Gasteiger partial charge in [-0.05, 0) is 31.9 Å². The van der Waals surface area contributed by atoms with Crippen molar-refractivity contribution >= 4 is 11.7 Å². The molecule has 0 unspecified atom stereocenters. The summed E-state index contributed by atoms with van der Waals surface area (Å²) in [4.78, 5) is 17.8. The first-order chi connectivity index (χ1) is 9.49. The number of aryl methyl sites for hydroxylation is 1. The molecule has 1 saturated heterocycles. The largest absolute Gasteiger partial charge is 0.481 e. The Morgan fingerprint density at radius 3 is 2.90 bits per heavy atom. The molecule has 2 heterocycles. The fourth-order valence-corrected chi connectivity index (χ4v) is 3.03. The molecule has 0 amide bonds. The molecule has 1 aromatic heterocycles. The van der Waals surface area contributed by atoms with Crippen molar-refractivity contribution in [1.29, 1.82) is 0 Å². The summed E-state index contributed by atoms with van der Waals surface area (Å²) in [6.07, 6.45) is 2.65. The van der Waals surface area contributed by atoms with Crippen molar-refractivity contribution in [3.8, 4) is 0 Å². The molecule has 1 aromatic rings. The number of β-amino-alcohol motifs (C(OH)–C–C–N with tert-alkyl or cyclic N) is 1. The fourth-order valence-electron chi connectivity index (χ4n) is 3.03. The summed E-state index contributed by atoms with van der Waals surface area (Å²) in [5, 5.41) is 19.9. The number of nitrogens with zero attached hydrogens (tertiary/aromatic N) is 2. The van der Waals surface area contributed by atoms with Gasteiger partial charge < -0.3 is 15.1 Å². The lowest BCUT2D eigenvalue weighted by Gasteiger charge is -2.43. The number of carboxylic acids is 1. The van der Waals surface area contributed by atoms with Gasteiger partial charge in [0, 0.05) is 30.7 Å². The van der Waals surface area contributed by atoms with E-state index >= 15 is 0 Å². The number of aliphatic hydroxyl groups excluding tert-OH is 1. The SMILES string of the molecule is CCC[C@]1(C(=O)O)CCN(c2ccnc(C)c2)C[C@@H]1O. The zero-order chi connectivity index (χ0) is 14.8. The number of aliphatic hydroxyl groups is 1. The van der Waals surface area contributed by atoms with Crippen molar-refractivity contribution in [1.82, 2.24) is 4.98 Å². The predicted octanol–water partition coefficient (Wildman–Crippen LogP) is 1.83. The Balaban J connectivity index is 2.17. The van der Waals surface area contributed by atoms with Gasteiger partial charge in [0.05, 0.1) is 11.5 Å². The molecule has 0 aliphatic carbocycles. The number of carbonyl (C=O) groups is 1. The predicted molar refractivity (Wildman–Crippen MR) is 76.8 cm³/mol. The molecule has 1 aliphatic rings. The third-order valence-electron chi connectivity index (χ3n) is 4.23. The number of rotatable bonds is 4. The molecule has 2 N–H and O–H groups in total. The third-order valence-corrected chi connectivity index (χ3v) is 4.23. The molecular weight excluding hydrogens is 256 g/mol. The van der Waals surface area contributed by atoms with Gasteiger partial charge in [0.15, 0.2) is 0 Å². The van der Waals surface area contributed by atoms with Crippen LogP contribution in [0.4, 0.5) is 5.69 Å². The van der Waals surface area contributed by atoms with Crippen LogP contribution >= 0.6 is 0 Å². The summed E-state index contributed by atoms with van der Waals surface area (Å²) >= 11 is 0. The summed E-state index contributed by atoms with van der Waals surface area (Å²) < 4.78 is 0. The van der Waals surface area contributed by atoms with Crippen LogP contribution in [0.5, 0.6) is 0 Å². The zero-order valence-corrected chi connectivity index (χ0v) is 12.0. The molecule has 2 atom stereocenters. The normalized spacial score (nSPS) is 26.6.